The van der Waals surface area contributed by atoms with Gasteiger partial charge in [-0.05, 0) is 55.3 Å². The van der Waals surface area contributed by atoms with Crippen molar-refractivity contribution in [2.45, 2.75) is 13.8 Å². The second-order valence-corrected chi connectivity index (χ2v) is 4.86. The lowest BCUT2D eigenvalue weighted by Gasteiger charge is -2.06. The van der Waals surface area contributed by atoms with Crippen molar-refractivity contribution in [2.75, 3.05) is 0 Å². The van der Waals surface area contributed by atoms with Gasteiger partial charge < -0.3 is 0 Å². The highest BCUT2D eigenvalue weighted by Gasteiger charge is 2.17. The number of ketones is 1. The first-order valence-corrected chi connectivity index (χ1v) is 6.04. The van der Waals surface area contributed by atoms with E-state index >= 15 is 0 Å². The van der Waals surface area contributed by atoms with Crippen LogP contribution < -0.4 is 0 Å². The SMILES string of the molecule is Cc1cc(Cl)cc(C(=O)c2cc(F)c(C)cc2F)c1. The highest BCUT2D eigenvalue weighted by molar-refractivity contribution is 6.31. The Morgan fingerprint density at radius 1 is 1.00 bits per heavy atom. The summed E-state index contributed by atoms with van der Waals surface area (Å²) in [5, 5.41) is 0.386. The third-order valence-corrected chi connectivity index (χ3v) is 3.02. The van der Waals surface area contributed by atoms with Gasteiger partial charge in [-0.25, -0.2) is 8.78 Å². The van der Waals surface area contributed by atoms with Gasteiger partial charge in [0.2, 0.25) is 0 Å². The number of aryl methyl sites for hydroxylation is 2. The molecular formula is C15H11ClF2O. The Labute approximate surface area is 114 Å². The first-order valence-electron chi connectivity index (χ1n) is 5.66. The molecular weight excluding hydrogens is 270 g/mol. The van der Waals surface area contributed by atoms with Crippen LogP contribution in [0.15, 0.2) is 30.3 Å². The van der Waals surface area contributed by atoms with E-state index in [9.17, 15) is 13.6 Å². The summed E-state index contributed by atoms with van der Waals surface area (Å²) < 4.78 is 27.2. The van der Waals surface area contributed by atoms with Crippen molar-refractivity contribution in [3.63, 3.8) is 0 Å². The van der Waals surface area contributed by atoms with Gasteiger partial charge in [0.25, 0.3) is 0 Å². The van der Waals surface area contributed by atoms with E-state index < -0.39 is 17.4 Å². The topological polar surface area (TPSA) is 17.1 Å². The zero-order valence-electron chi connectivity index (χ0n) is 10.4. The molecule has 0 saturated heterocycles. The van der Waals surface area contributed by atoms with Crippen LogP contribution in [0.2, 0.25) is 5.02 Å². The maximum absolute atomic E-state index is 13.7. The lowest BCUT2D eigenvalue weighted by Crippen LogP contribution is -2.06. The van der Waals surface area contributed by atoms with Crippen molar-refractivity contribution in [2.24, 2.45) is 0 Å². The summed E-state index contributed by atoms with van der Waals surface area (Å²) in [6, 6.07) is 6.65. The monoisotopic (exact) mass is 280 g/mol. The maximum atomic E-state index is 13.7. The normalized spacial score (nSPS) is 10.6. The lowest BCUT2D eigenvalue weighted by molar-refractivity contribution is 0.103. The van der Waals surface area contributed by atoms with E-state index in [0.717, 1.165) is 17.7 Å². The van der Waals surface area contributed by atoms with Gasteiger partial charge in [-0.15, -0.1) is 0 Å². The third-order valence-electron chi connectivity index (χ3n) is 2.80. The summed E-state index contributed by atoms with van der Waals surface area (Å²) in [5.41, 5.74) is 0.900. The quantitative estimate of drug-likeness (QED) is 0.742. The Morgan fingerprint density at radius 3 is 2.32 bits per heavy atom. The smallest absolute Gasteiger partial charge is 0.196 e. The van der Waals surface area contributed by atoms with Crippen LogP contribution in [0.4, 0.5) is 8.78 Å². The summed E-state index contributed by atoms with van der Waals surface area (Å²) in [6.07, 6.45) is 0. The second kappa shape index (κ2) is 5.10. The summed E-state index contributed by atoms with van der Waals surface area (Å²) >= 11 is 5.86. The van der Waals surface area contributed by atoms with E-state index in [1.165, 1.54) is 13.0 Å². The minimum atomic E-state index is -0.735. The average Bonchev–Trinajstić information content (AvgIpc) is 2.31. The molecule has 0 N–H and O–H groups in total. The van der Waals surface area contributed by atoms with Gasteiger partial charge in [-0.1, -0.05) is 11.6 Å². The van der Waals surface area contributed by atoms with Crippen molar-refractivity contribution in [1.29, 1.82) is 0 Å². The molecule has 98 valence electrons. The number of hydrogen-bond donors (Lipinski definition) is 0. The van der Waals surface area contributed by atoms with Gasteiger partial charge in [0.1, 0.15) is 11.6 Å². The Kier molecular flexibility index (Phi) is 3.67. The molecule has 0 aromatic heterocycles. The molecule has 1 nitrogen and oxygen atoms in total. The predicted molar refractivity (Wildman–Crippen MR) is 70.7 cm³/mol. The van der Waals surface area contributed by atoms with Crippen molar-refractivity contribution in [3.05, 3.63) is 69.2 Å². The third kappa shape index (κ3) is 2.82. The van der Waals surface area contributed by atoms with Crippen molar-refractivity contribution < 1.29 is 13.6 Å². The first kappa shape index (κ1) is 13.7. The van der Waals surface area contributed by atoms with Gasteiger partial charge in [-0.3, -0.25) is 4.79 Å². The van der Waals surface area contributed by atoms with Crippen LogP contribution in [-0.2, 0) is 0 Å². The van der Waals surface area contributed by atoms with Gasteiger partial charge in [0.15, 0.2) is 5.78 Å². The molecule has 0 amide bonds. The zero-order valence-corrected chi connectivity index (χ0v) is 11.2. The van der Waals surface area contributed by atoms with Crippen LogP contribution in [0.25, 0.3) is 0 Å². The summed E-state index contributed by atoms with van der Waals surface area (Å²) in [6.45, 7) is 3.21. The van der Waals surface area contributed by atoms with E-state index in [4.69, 9.17) is 11.6 Å². The van der Waals surface area contributed by atoms with Crippen LogP contribution in [0, 0.1) is 25.5 Å². The number of rotatable bonds is 2. The lowest BCUT2D eigenvalue weighted by atomic mass is 10.00. The van der Waals surface area contributed by atoms with Crippen LogP contribution in [-0.4, -0.2) is 5.78 Å². The van der Waals surface area contributed by atoms with Crippen LogP contribution in [0.3, 0.4) is 0 Å². The van der Waals surface area contributed by atoms with Gasteiger partial charge in [0.05, 0.1) is 5.56 Å². The van der Waals surface area contributed by atoms with E-state index in [1.54, 1.807) is 19.1 Å². The molecule has 0 aliphatic rings. The molecule has 0 radical (unpaired) electrons. The molecule has 0 aliphatic heterocycles. The molecule has 19 heavy (non-hydrogen) atoms. The predicted octanol–water partition coefficient (Wildman–Crippen LogP) is 4.47. The number of carbonyl (C=O) groups is 1. The Bertz CT molecular complexity index is 645. The molecule has 4 heteroatoms. The number of benzene rings is 2. The molecule has 0 fully saturated rings. The first-order chi connectivity index (χ1) is 8.88. The van der Waals surface area contributed by atoms with E-state index in [1.807, 2.05) is 0 Å². The Balaban J connectivity index is 2.53. The molecule has 0 atom stereocenters. The molecule has 2 aromatic carbocycles. The Hall–Kier alpha value is -1.74. The molecule has 0 saturated carbocycles. The number of hydrogen-bond acceptors (Lipinski definition) is 1. The fourth-order valence-electron chi connectivity index (χ4n) is 1.84. The van der Waals surface area contributed by atoms with E-state index in [-0.39, 0.29) is 16.7 Å². The highest BCUT2D eigenvalue weighted by atomic mass is 35.5. The molecule has 0 aliphatic carbocycles. The van der Waals surface area contributed by atoms with Gasteiger partial charge >= 0.3 is 0 Å². The Morgan fingerprint density at radius 2 is 1.68 bits per heavy atom. The van der Waals surface area contributed by atoms with Crippen LogP contribution >= 0.6 is 11.6 Å². The standard InChI is InChI=1S/C15H11ClF2O/c1-8-3-10(6-11(16)4-8)15(19)12-7-13(17)9(2)5-14(12)18/h3-7H,1-2H3. The zero-order chi connectivity index (χ0) is 14.2. The maximum Gasteiger partial charge on any atom is 0.196 e. The molecule has 2 aromatic rings. The molecule has 2 rings (SSSR count). The summed E-state index contributed by atoms with van der Waals surface area (Å²) in [4.78, 5) is 12.2. The van der Waals surface area contributed by atoms with Crippen molar-refractivity contribution >= 4 is 17.4 Å². The summed E-state index contributed by atoms with van der Waals surface area (Å²) in [5.74, 6) is -1.92. The minimum absolute atomic E-state index is 0.163. The van der Waals surface area contributed by atoms with Crippen molar-refractivity contribution in [1.82, 2.24) is 0 Å². The largest absolute Gasteiger partial charge is 0.288 e. The van der Waals surface area contributed by atoms with Crippen LogP contribution in [0.1, 0.15) is 27.0 Å². The molecule has 0 heterocycles. The van der Waals surface area contributed by atoms with Crippen LogP contribution in [0.5, 0.6) is 0 Å². The molecule has 0 bridgehead atoms. The number of carbonyl (C=O) groups excluding carboxylic acids is 1. The fraction of sp³-hybridized carbons (Fsp3) is 0.133. The van der Waals surface area contributed by atoms with E-state index in [0.29, 0.717) is 5.02 Å². The van der Waals surface area contributed by atoms with E-state index in [2.05, 4.69) is 0 Å². The minimum Gasteiger partial charge on any atom is -0.288 e. The fourth-order valence-corrected chi connectivity index (χ4v) is 2.13. The second-order valence-electron chi connectivity index (χ2n) is 4.43. The molecule has 0 spiro atoms. The van der Waals surface area contributed by atoms with Gasteiger partial charge in [0, 0.05) is 10.6 Å². The van der Waals surface area contributed by atoms with Gasteiger partial charge in [-0.2, -0.15) is 0 Å². The highest BCUT2D eigenvalue weighted by Crippen LogP contribution is 2.21. The summed E-state index contributed by atoms with van der Waals surface area (Å²) in [7, 11) is 0. The average molecular weight is 281 g/mol. The molecule has 0 unspecified atom stereocenters. The van der Waals surface area contributed by atoms with Crippen molar-refractivity contribution in [3.8, 4) is 0 Å². The number of halogens is 3.